The van der Waals surface area contributed by atoms with E-state index in [-0.39, 0.29) is 18.7 Å². The second-order valence-electron chi connectivity index (χ2n) is 10.4. The van der Waals surface area contributed by atoms with Crippen LogP contribution in [-0.2, 0) is 42.7 Å². The van der Waals surface area contributed by atoms with Gasteiger partial charge in [-0.05, 0) is 12.8 Å². The number of carboxylic acids is 1. The van der Waals surface area contributed by atoms with Crippen molar-refractivity contribution in [3.8, 4) is 0 Å². The lowest BCUT2D eigenvalue weighted by Gasteiger charge is -2.09. The standard InChI is InChI=1S/C32H63NO10/c1-2-3-4-5-6-7-8-9-10-11-12-17-37-19-21-39-23-25-41-27-29-43-30-28-42-26-24-40-22-20-38-18-13-16-33-31(34)14-15-32(35)36/h2-30H2,1H3,(H,33,34)(H,35,36). The van der Waals surface area contributed by atoms with Crippen LogP contribution in [0.4, 0.5) is 0 Å². The zero-order valence-electron chi connectivity index (χ0n) is 27.1. The molecule has 2 N–H and O–H groups in total. The molecule has 0 aliphatic heterocycles. The van der Waals surface area contributed by atoms with Crippen molar-refractivity contribution in [3.05, 3.63) is 0 Å². The Bertz CT molecular complexity index is 582. The molecule has 0 rings (SSSR count). The maximum absolute atomic E-state index is 11.4. The van der Waals surface area contributed by atoms with Crippen LogP contribution in [0, 0.1) is 0 Å². The predicted molar refractivity (Wildman–Crippen MR) is 167 cm³/mol. The van der Waals surface area contributed by atoms with Gasteiger partial charge in [0.1, 0.15) is 0 Å². The van der Waals surface area contributed by atoms with Crippen LogP contribution >= 0.6 is 0 Å². The highest BCUT2D eigenvalue weighted by Crippen LogP contribution is 2.11. The molecule has 11 heteroatoms. The Kier molecular flexibility index (Phi) is 35.7. The molecule has 11 nitrogen and oxygen atoms in total. The zero-order chi connectivity index (χ0) is 31.3. The summed E-state index contributed by atoms with van der Waals surface area (Å²) >= 11 is 0. The first-order valence-electron chi connectivity index (χ1n) is 16.7. The Morgan fingerprint density at radius 2 is 0.767 bits per heavy atom. The van der Waals surface area contributed by atoms with Crippen LogP contribution in [-0.4, -0.2) is 116 Å². The lowest BCUT2D eigenvalue weighted by atomic mass is 10.1. The average Bonchev–Trinajstić information content (AvgIpc) is 3.00. The SMILES string of the molecule is CCCCCCCCCCCCCOCCOCCOCCOCCOCCOCCOCCCNC(=O)CCC(=O)O. The van der Waals surface area contributed by atoms with E-state index in [2.05, 4.69) is 12.2 Å². The summed E-state index contributed by atoms with van der Waals surface area (Å²) in [6.07, 6.45) is 15.3. The quantitative estimate of drug-likeness (QED) is 0.0934. The number of ether oxygens (including phenoxy) is 7. The number of carbonyl (C=O) groups excluding carboxylic acids is 1. The molecule has 0 bridgehead atoms. The lowest BCUT2D eigenvalue weighted by Crippen LogP contribution is -2.25. The fourth-order valence-corrected chi connectivity index (χ4v) is 4.00. The van der Waals surface area contributed by atoms with Crippen molar-refractivity contribution in [1.82, 2.24) is 5.32 Å². The molecule has 0 spiro atoms. The fraction of sp³-hybridized carbons (Fsp3) is 0.938. The van der Waals surface area contributed by atoms with Crippen molar-refractivity contribution in [2.24, 2.45) is 0 Å². The van der Waals surface area contributed by atoms with E-state index in [9.17, 15) is 9.59 Å². The van der Waals surface area contributed by atoms with Crippen molar-refractivity contribution >= 4 is 11.9 Å². The van der Waals surface area contributed by atoms with Crippen molar-refractivity contribution in [3.63, 3.8) is 0 Å². The third-order valence-electron chi connectivity index (χ3n) is 6.48. The number of unbranched alkanes of at least 4 members (excludes halogenated alkanes) is 10. The molecule has 0 aromatic rings. The van der Waals surface area contributed by atoms with E-state index >= 15 is 0 Å². The normalized spacial score (nSPS) is 11.3. The minimum Gasteiger partial charge on any atom is -0.481 e. The fourth-order valence-electron chi connectivity index (χ4n) is 4.00. The Morgan fingerprint density at radius 3 is 1.14 bits per heavy atom. The van der Waals surface area contributed by atoms with Crippen LogP contribution in [0.25, 0.3) is 0 Å². The molecule has 0 heterocycles. The minimum absolute atomic E-state index is 0.00109. The number of carbonyl (C=O) groups is 2. The van der Waals surface area contributed by atoms with Crippen molar-refractivity contribution in [2.45, 2.75) is 96.8 Å². The van der Waals surface area contributed by atoms with Gasteiger partial charge in [-0.25, -0.2) is 0 Å². The number of aliphatic carboxylic acids is 1. The molecular formula is C32H63NO10. The second-order valence-corrected chi connectivity index (χ2v) is 10.4. The zero-order valence-corrected chi connectivity index (χ0v) is 27.1. The van der Waals surface area contributed by atoms with E-state index in [1.165, 1.54) is 64.2 Å². The van der Waals surface area contributed by atoms with Crippen LogP contribution < -0.4 is 5.32 Å². The van der Waals surface area contributed by atoms with Crippen molar-refractivity contribution in [1.29, 1.82) is 0 Å². The van der Waals surface area contributed by atoms with Crippen LogP contribution in [0.1, 0.15) is 96.8 Å². The number of carboxylic acid groups (broad SMARTS) is 1. The van der Waals surface area contributed by atoms with E-state index in [0.717, 1.165) is 13.0 Å². The van der Waals surface area contributed by atoms with Gasteiger partial charge in [-0.1, -0.05) is 71.1 Å². The molecule has 0 saturated carbocycles. The van der Waals surface area contributed by atoms with E-state index in [1.807, 2.05) is 0 Å². The van der Waals surface area contributed by atoms with Gasteiger partial charge >= 0.3 is 5.97 Å². The van der Waals surface area contributed by atoms with Crippen LogP contribution in [0.5, 0.6) is 0 Å². The molecule has 43 heavy (non-hydrogen) atoms. The van der Waals surface area contributed by atoms with Gasteiger partial charge in [0, 0.05) is 26.2 Å². The second kappa shape index (κ2) is 36.8. The largest absolute Gasteiger partial charge is 0.481 e. The highest BCUT2D eigenvalue weighted by molar-refractivity contribution is 5.80. The van der Waals surface area contributed by atoms with Gasteiger partial charge in [0.2, 0.25) is 5.91 Å². The summed E-state index contributed by atoms with van der Waals surface area (Å²) in [4.78, 5) is 21.7. The number of amides is 1. The van der Waals surface area contributed by atoms with Gasteiger partial charge in [0.05, 0.1) is 85.7 Å². The summed E-state index contributed by atoms with van der Waals surface area (Å²) in [7, 11) is 0. The molecule has 0 aliphatic rings. The summed E-state index contributed by atoms with van der Waals surface area (Å²) in [6, 6.07) is 0. The van der Waals surface area contributed by atoms with Crippen LogP contribution in [0.3, 0.4) is 0 Å². The van der Waals surface area contributed by atoms with Gasteiger partial charge in [-0.2, -0.15) is 0 Å². The third-order valence-corrected chi connectivity index (χ3v) is 6.48. The highest BCUT2D eigenvalue weighted by atomic mass is 16.6. The molecule has 256 valence electrons. The Hall–Kier alpha value is -1.34. The molecule has 0 aromatic heterocycles. The lowest BCUT2D eigenvalue weighted by molar-refractivity contribution is -0.138. The van der Waals surface area contributed by atoms with E-state index < -0.39 is 5.97 Å². The first-order valence-corrected chi connectivity index (χ1v) is 16.7. The molecule has 0 unspecified atom stereocenters. The predicted octanol–water partition coefficient (Wildman–Crippen LogP) is 4.78. The molecule has 1 amide bonds. The first-order chi connectivity index (χ1) is 21.2. The van der Waals surface area contributed by atoms with Crippen molar-refractivity contribution < 1.29 is 47.9 Å². The monoisotopic (exact) mass is 621 g/mol. The van der Waals surface area contributed by atoms with Gasteiger partial charge in [0.15, 0.2) is 0 Å². The molecule has 0 radical (unpaired) electrons. The molecular weight excluding hydrogens is 558 g/mol. The Morgan fingerprint density at radius 1 is 0.442 bits per heavy atom. The highest BCUT2D eigenvalue weighted by Gasteiger charge is 2.04. The summed E-state index contributed by atoms with van der Waals surface area (Å²) < 4.78 is 38.5. The van der Waals surface area contributed by atoms with Gasteiger partial charge in [-0.15, -0.1) is 0 Å². The Balaban J connectivity index is 3.08. The molecule has 0 aliphatic carbocycles. The summed E-state index contributed by atoms with van der Waals surface area (Å²) in [5.74, 6) is -1.23. The summed E-state index contributed by atoms with van der Waals surface area (Å²) in [6.45, 7) is 10.4. The van der Waals surface area contributed by atoms with E-state index in [1.54, 1.807) is 0 Å². The van der Waals surface area contributed by atoms with Gasteiger partial charge < -0.3 is 43.6 Å². The number of hydrogen-bond donors (Lipinski definition) is 2. The number of hydrogen-bond acceptors (Lipinski definition) is 9. The van der Waals surface area contributed by atoms with Gasteiger partial charge in [-0.3, -0.25) is 9.59 Å². The van der Waals surface area contributed by atoms with Crippen LogP contribution in [0.15, 0.2) is 0 Å². The van der Waals surface area contributed by atoms with E-state index in [0.29, 0.717) is 98.9 Å². The number of rotatable bonds is 37. The third kappa shape index (κ3) is 38.6. The average molecular weight is 622 g/mol. The first kappa shape index (κ1) is 41.7. The summed E-state index contributed by atoms with van der Waals surface area (Å²) in [5, 5.41) is 11.2. The molecule has 0 atom stereocenters. The maximum atomic E-state index is 11.4. The summed E-state index contributed by atoms with van der Waals surface area (Å²) in [5.41, 5.74) is 0. The maximum Gasteiger partial charge on any atom is 0.303 e. The minimum atomic E-state index is -0.975. The molecule has 0 fully saturated rings. The van der Waals surface area contributed by atoms with Gasteiger partial charge in [0.25, 0.3) is 0 Å². The smallest absolute Gasteiger partial charge is 0.303 e. The number of nitrogens with one attached hydrogen (secondary N) is 1. The molecule has 0 saturated heterocycles. The topological polar surface area (TPSA) is 131 Å². The van der Waals surface area contributed by atoms with Crippen LogP contribution in [0.2, 0.25) is 0 Å². The van der Waals surface area contributed by atoms with Crippen molar-refractivity contribution in [2.75, 3.05) is 99.0 Å². The molecule has 0 aromatic carbocycles. The van der Waals surface area contributed by atoms with E-state index in [4.69, 9.17) is 38.3 Å². The Labute approximate surface area is 261 Å².